The van der Waals surface area contributed by atoms with Crippen molar-refractivity contribution in [3.63, 3.8) is 0 Å². The molecule has 0 unspecified atom stereocenters. The van der Waals surface area contributed by atoms with Crippen molar-refractivity contribution in [1.29, 1.82) is 0 Å². The smallest absolute Gasteiger partial charge is 0.275 e. The van der Waals surface area contributed by atoms with Crippen LogP contribution < -0.4 is 10.9 Å². The molecule has 0 saturated carbocycles. The molecule has 0 spiro atoms. The summed E-state index contributed by atoms with van der Waals surface area (Å²) in [6.07, 6.45) is 0. The van der Waals surface area contributed by atoms with Crippen molar-refractivity contribution >= 4 is 22.4 Å². The summed E-state index contributed by atoms with van der Waals surface area (Å²) in [5.41, 5.74) is 3.50. The van der Waals surface area contributed by atoms with Crippen molar-refractivity contribution in [3.05, 3.63) is 82.0 Å². The zero-order valence-electron chi connectivity index (χ0n) is 16.5. The maximum Gasteiger partial charge on any atom is 0.275 e. The lowest BCUT2D eigenvalue weighted by atomic mass is 10.1. The van der Waals surface area contributed by atoms with Gasteiger partial charge >= 0.3 is 0 Å². The fourth-order valence-corrected chi connectivity index (χ4v) is 3.47. The monoisotopic (exact) mass is 387 g/mol. The number of nitrogens with zero attached hydrogens (tertiary/aromatic N) is 4. The molecule has 0 radical (unpaired) electrons. The lowest BCUT2D eigenvalue weighted by Gasteiger charge is -2.10. The minimum Gasteiger partial charge on any atom is -0.321 e. The second kappa shape index (κ2) is 7.35. The van der Waals surface area contributed by atoms with Crippen LogP contribution in [-0.2, 0) is 11.3 Å². The van der Waals surface area contributed by atoms with Crippen molar-refractivity contribution < 1.29 is 4.79 Å². The van der Waals surface area contributed by atoms with Crippen LogP contribution in [0.15, 0.2) is 59.4 Å². The molecule has 0 aliphatic carbocycles. The Bertz CT molecular complexity index is 1270. The van der Waals surface area contributed by atoms with Gasteiger partial charge in [0.1, 0.15) is 6.54 Å². The Morgan fingerprint density at radius 3 is 2.28 bits per heavy atom. The van der Waals surface area contributed by atoms with Crippen LogP contribution in [0.2, 0.25) is 0 Å². The van der Waals surface area contributed by atoms with Crippen molar-refractivity contribution in [2.75, 3.05) is 5.32 Å². The molecule has 7 nitrogen and oxygen atoms in total. The van der Waals surface area contributed by atoms with Gasteiger partial charge in [-0.1, -0.05) is 36.4 Å². The van der Waals surface area contributed by atoms with E-state index in [1.54, 1.807) is 16.8 Å². The Morgan fingerprint density at radius 1 is 0.897 bits per heavy atom. The van der Waals surface area contributed by atoms with Crippen LogP contribution >= 0.6 is 0 Å². The average molecular weight is 387 g/mol. The molecule has 1 N–H and O–H groups in total. The van der Waals surface area contributed by atoms with Gasteiger partial charge in [-0.2, -0.15) is 10.2 Å². The van der Waals surface area contributed by atoms with Crippen molar-refractivity contribution in [2.45, 2.75) is 27.3 Å². The molecule has 7 heteroatoms. The normalized spacial score (nSPS) is 11.0. The zero-order valence-corrected chi connectivity index (χ0v) is 16.5. The van der Waals surface area contributed by atoms with Gasteiger partial charge in [0.2, 0.25) is 5.91 Å². The van der Waals surface area contributed by atoms with Gasteiger partial charge in [0.05, 0.1) is 33.8 Å². The van der Waals surface area contributed by atoms with Crippen LogP contribution in [0.5, 0.6) is 0 Å². The highest BCUT2D eigenvalue weighted by molar-refractivity contribution is 5.92. The number of rotatable bonds is 4. The molecule has 0 fully saturated rings. The highest BCUT2D eigenvalue weighted by Crippen LogP contribution is 2.22. The molecule has 1 amide bonds. The van der Waals surface area contributed by atoms with Crippen molar-refractivity contribution in [3.8, 4) is 5.69 Å². The first-order chi connectivity index (χ1) is 14.0. The van der Waals surface area contributed by atoms with Gasteiger partial charge in [0.15, 0.2) is 0 Å². The summed E-state index contributed by atoms with van der Waals surface area (Å²) in [5, 5.41) is 13.1. The second-order valence-electron chi connectivity index (χ2n) is 6.94. The van der Waals surface area contributed by atoms with E-state index in [1.165, 1.54) is 4.68 Å². The van der Waals surface area contributed by atoms with E-state index in [1.807, 2.05) is 63.2 Å². The topological polar surface area (TPSA) is 81.8 Å². The van der Waals surface area contributed by atoms with Gasteiger partial charge in [-0.15, -0.1) is 0 Å². The van der Waals surface area contributed by atoms with E-state index in [4.69, 9.17) is 0 Å². The molecule has 4 aromatic rings. The number of carbonyl (C=O) groups excluding carboxylic acids is 1. The number of hydrogen-bond donors (Lipinski definition) is 1. The van der Waals surface area contributed by atoms with Crippen LogP contribution in [0.1, 0.15) is 17.1 Å². The maximum absolute atomic E-state index is 12.7. The van der Waals surface area contributed by atoms with Crippen LogP contribution in [0.25, 0.3) is 16.5 Å². The summed E-state index contributed by atoms with van der Waals surface area (Å²) < 4.78 is 2.99. The third-order valence-corrected chi connectivity index (χ3v) is 4.90. The summed E-state index contributed by atoms with van der Waals surface area (Å²) >= 11 is 0. The zero-order chi connectivity index (χ0) is 20.5. The number of aromatic nitrogens is 4. The first-order valence-electron chi connectivity index (χ1n) is 9.33. The minimum absolute atomic E-state index is 0.167. The lowest BCUT2D eigenvalue weighted by Crippen LogP contribution is -2.30. The number of benzene rings is 2. The van der Waals surface area contributed by atoms with Gasteiger partial charge in [0, 0.05) is 5.39 Å². The summed E-state index contributed by atoms with van der Waals surface area (Å²) in [6.45, 7) is 5.40. The van der Waals surface area contributed by atoms with Gasteiger partial charge in [-0.3, -0.25) is 9.59 Å². The third-order valence-electron chi connectivity index (χ3n) is 4.90. The number of nitrogens with one attached hydrogen (secondary N) is 1. The molecule has 2 aromatic carbocycles. The number of anilines is 1. The minimum atomic E-state index is -0.326. The van der Waals surface area contributed by atoms with Gasteiger partial charge in [-0.05, 0) is 39.0 Å². The van der Waals surface area contributed by atoms with E-state index in [-0.39, 0.29) is 18.0 Å². The summed E-state index contributed by atoms with van der Waals surface area (Å²) in [5.74, 6) is -0.326. The first kappa shape index (κ1) is 18.6. The number of para-hydroxylation sites is 1. The molecule has 0 aliphatic rings. The largest absolute Gasteiger partial charge is 0.321 e. The Morgan fingerprint density at radius 2 is 1.55 bits per heavy atom. The first-order valence-corrected chi connectivity index (χ1v) is 9.33. The molecule has 4 rings (SSSR count). The summed E-state index contributed by atoms with van der Waals surface area (Å²) in [7, 11) is 0. The Labute approximate surface area is 167 Å². The predicted octanol–water partition coefficient (Wildman–Crippen LogP) is 3.15. The van der Waals surface area contributed by atoms with E-state index >= 15 is 0 Å². The summed E-state index contributed by atoms with van der Waals surface area (Å²) in [4.78, 5) is 25.4. The standard InChI is InChI=1S/C22H21N5O2/c1-14-18-11-7-8-12-19(18)22(29)26(24-14)13-20(28)23-21-15(2)25-27(16(21)3)17-9-5-4-6-10-17/h4-12H,13H2,1-3H3,(H,23,28). The second-order valence-corrected chi connectivity index (χ2v) is 6.94. The van der Waals surface area contributed by atoms with E-state index in [0.29, 0.717) is 22.5 Å². The van der Waals surface area contributed by atoms with Gasteiger partial charge < -0.3 is 5.32 Å². The van der Waals surface area contributed by atoms with E-state index < -0.39 is 0 Å². The number of aryl methyl sites for hydroxylation is 2. The molecule has 0 aliphatic heterocycles. The van der Waals surface area contributed by atoms with Crippen LogP contribution in [-0.4, -0.2) is 25.5 Å². The fourth-order valence-electron chi connectivity index (χ4n) is 3.47. The third kappa shape index (κ3) is 3.42. The molecule has 2 heterocycles. The number of amides is 1. The highest BCUT2D eigenvalue weighted by Gasteiger charge is 2.17. The Balaban J connectivity index is 1.62. The molecule has 0 bridgehead atoms. The van der Waals surface area contributed by atoms with Crippen LogP contribution in [0.3, 0.4) is 0 Å². The molecule has 29 heavy (non-hydrogen) atoms. The SMILES string of the molecule is Cc1nn(-c2ccccc2)c(C)c1NC(=O)Cn1nc(C)c2ccccc2c1=O. The van der Waals surface area contributed by atoms with Gasteiger partial charge in [-0.25, -0.2) is 9.36 Å². The predicted molar refractivity (Wildman–Crippen MR) is 112 cm³/mol. The van der Waals surface area contributed by atoms with Gasteiger partial charge in [0.25, 0.3) is 5.56 Å². The number of hydrogen-bond acceptors (Lipinski definition) is 4. The number of carbonyl (C=O) groups is 1. The quantitative estimate of drug-likeness (QED) is 0.583. The van der Waals surface area contributed by atoms with E-state index in [9.17, 15) is 9.59 Å². The molecule has 0 saturated heterocycles. The van der Waals surface area contributed by atoms with E-state index in [0.717, 1.165) is 16.8 Å². The van der Waals surface area contributed by atoms with E-state index in [2.05, 4.69) is 15.5 Å². The Hall–Kier alpha value is -3.74. The van der Waals surface area contributed by atoms with Crippen molar-refractivity contribution in [2.24, 2.45) is 0 Å². The fraction of sp³-hybridized carbons (Fsp3) is 0.182. The molecular weight excluding hydrogens is 366 g/mol. The highest BCUT2D eigenvalue weighted by atomic mass is 16.2. The molecular formula is C22H21N5O2. The van der Waals surface area contributed by atoms with Crippen LogP contribution in [0, 0.1) is 20.8 Å². The lowest BCUT2D eigenvalue weighted by molar-refractivity contribution is -0.117. The molecule has 2 aromatic heterocycles. The van der Waals surface area contributed by atoms with Crippen molar-refractivity contribution in [1.82, 2.24) is 19.6 Å². The maximum atomic E-state index is 12.7. The molecule has 0 atom stereocenters. The number of fused-ring (bicyclic) bond motifs is 1. The average Bonchev–Trinajstić information content (AvgIpc) is 3.01. The molecule has 146 valence electrons. The summed E-state index contributed by atoms with van der Waals surface area (Å²) in [6, 6.07) is 17.0. The van der Waals surface area contributed by atoms with Crippen LogP contribution in [0.4, 0.5) is 5.69 Å². The Kier molecular flexibility index (Phi) is 4.72.